The molecule has 2 heterocycles. The number of hydrogen-bond acceptors (Lipinski definition) is 4. The number of halogens is 3. The zero-order chi connectivity index (χ0) is 20.1. The lowest BCUT2D eigenvalue weighted by atomic mass is 9.99. The van der Waals surface area contributed by atoms with Crippen LogP contribution in [-0.4, -0.2) is 36.8 Å². The number of alkyl halides is 3. The van der Waals surface area contributed by atoms with Gasteiger partial charge in [0.1, 0.15) is 12.4 Å². The molecule has 1 N–H and O–H groups in total. The van der Waals surface area contributed by atoms with Crippen molar-refractivity contribution in [1.82, 2.24) is 0 Å². The quantitative estimate of drug-likeness (QED) is 0.851. The summed E-state index contributed by atoms with van der Waals surface area (Å²) >= 11 is 0. The number of fused-ring (bicyclic) bond motifs is 1. The second-order valence-electron chi connectivity index (χ2n) is 7.17. The molecular weight excluding hydrogens is 373 g/mol. The van der Waals surface area contributed by atoms with Gasteiger partial charge in [-0.2, -0.15) is 13.2 Å². The number of rotatable bonds is 3. The van der Waals surface area contributed by atoms with E-state index in [4.69, 9.17) is 9.84 Å². The number of nitrogens with zero attached hydrogens (tertiary/aromatic N) is 2. The summed E-state index contributed by atoms with van der Waals surface area (Å²) < 4.78 is 44.6. The van der Waals surface area contributed by atoms with Gasteiger partial charge < -0.3 is 19.6 Å². The molecule has 4 rings (SSSR count). The van der Waals surface area contributed by atoms with E-state index in [1.807, 2.05) is 41.0 Å². The molecule has 2 aromatic carbocycles. The van der Waals surface area contributed by atoms with Crippen LogP contribution in [0.25, 0.3) is 0 Å². The molecule has 148 valence electrons. The molecule has 0 bridgehead atoms. The van der Waals surface area contributed by atoms with Crippen molar-refractivity contribution < 1.29 is 27.8 Å². The van der Waals surface area contributed by atoms with Crippen molar-refractivity contribution in [2.24, 2.45) is 5.92 Å². The highest BCUT2D eigenvalue weighted by atomic mass is 19.4. The summed E-state index contributed by atoms with van der Waals surface area (Å²) in [6.45, 7) is 3.10. The van der Waals surface area contributed by atoms with Crippen LogP contribution in [0.4, 0.5) is 30.2 Å². The Balaban J connectivity index is 1.65. The third-order valence-corrected chi connectivity index (χ3v) is 5.17. The van der Waals surface area contributed by atoms with Gasteiger partial charge in [-0.25, -0.2) is 0 Å². The Morgan fingerprint density at radius 2 is 1.86 bits per heavy atom. The van der Waals surface area contributed by atoms with Crippen LogP contribution in [0.15, 0.2) is 42.5 Å². The molecule has 2 aromatic rings. The second kappa shape index (κ2) is 6.61. The Kier molecular flexibility index (Phi) is 4.36. The fraction of sp³-hybridized carbons (Fsp3) is 0.350. The average molecular weight is 392 g/mol. The molecule has 1 atom stereocenters. The highest BCUT2D eigenvalue weighted by Gasteiger charge is 2.35. The summed E-state index contributed by atoms with van der Waals surface area (Å²) in [5, 5.41) is 9.05. The number of ether oxygens (including phenoxy) is 1. The molecule has 0 radical (unpaired) electrons. The van der Waals surface area contributed by atoms with Crippen LogP contribution < -0.4 is 14.5 Å². The van der Waals surface area contributed by atoms with E-state index in [1.54, 1.807) is 0 Å². The van der Waals surface area contributed by atoms with Gasteiger partial charge in [-0.15, -0.1) is 0 Å². The van der Waals surface area contributed by atoms with Gasteiger partial charge in [0.15, 0.2) is 0 Å². The Morgan fingerprint density at radius 1 is 1.14 bits per heavy atom. The molecular formula is C20H19F3N2O3. The maximum absolute atomic E-state index is 13.0. The first kappa shape index (κ1) is 18.5. The first-order chi connectivity index (χ1) is 13.2. The minimum Gasteiger partial charge on any atom is -0.489 e. The minimum atomic E-state index is -4.43. The Labute approximate surface area is 159 Å². The first-order valence-electron chi connectivity index (χ1n) is 8.95. The van der Waals surface area contributed by atoms with Crippen molar-refractivity contribution in [1.29, 1.82) is 0 Å². The van der Waals surface area contributed by atoms with Crippen LogP contribution in [0.5, 0.6) is 5.75 Å². The molecule has 1 saturated heterocycles. The predicted octanol–water partition coefficient (Wildman–Crippen LogP) is 4.15. The van der Waals surface area contributed by atoms with Crippen LogP contribution in [0, 0.1) is 5.92 Å². The fourth-order valence-corrected chi connectivity index (χ4v) is 3.61. The summed E-state index contributed by atoms with van der Waals surface area (Å²) in [5.74, 6) is -0.968. The average Bonchev–Trinajstić information content (AvgIpc) is 2.59. The van der Waals surface area contributed by atoms with Gasteiger partial charge in [-0.3, -0.25) is 4.79 Å². The molecule has 0 spiro atoms. The lowest BCUT2D eigenvalue weighted by Crippen LogP contribution is -2.50. The Hall–Kier alpha value is -2.90. The smallest absolute Gasteiger partial charge is 0.416 e. The monoisotopic (exact) mass is 392 g/mol. The first-order valence-corrected chi connectivity index (χ1v) is 8.95. The maximum Gasteiger partial charge on any atom is 0.416 e. The van der Waals surface area contributed by atoms with Crippen molar-refractivity contribution in [3.63, 3.8) is 0 Å². The zero-order valence-electron chi connectivity index (χ0n) is 15.1. The number of benzene rings is 2. The van der Waals surface area contributed by atoms with E-state index in [0.29, 0.717) is 18.8 Å². The topological polar surface area (TPSA) is 53.0 Å². The molecule has 28 heavy (non-hydrogen) atoms. The van der Waals surface area contributed by atoms with Crippen LogP contribution in [0.2, 0.25) is 0 Å². The molecule has 0 aromatic heterocycles. The van der Waals surface area contributed by atoms with E-state index in [1.165, 1.54) is 6.07 Å². The van der Waals surface area contributed by atoms with Gasteiger partial charge in [0, 0.05) is 24.5 Å². The largest absolute Gasteiger partial charge is 0.489 e. The van der Waals surface area contributed by atoms with Crippen LogP contribution in [0.3, 0.4) is 0 Å². The van der Waals surface area contributed by atoms with Gasteiger partial charge in [0.25, 0.3) is 0 Å². The van der Waals surface area contributed by atoms with Crippen LogP contribution >= 0.6 is 0 Å². The molecule has 0 aliphatic carbocycles. The third kappa shape index (κ3) is 3.23. The minimum absolute atomic E-state index is 0.0670. The lowest BCUT2D eigenvalue weighted by molar-refractivity contribution is -0.142. The van der Waals surface area contributed by atoms with Gasteiger partial charge in [0.05, 0.1) is 23.2 Å². The van der Waals surface area contributed by atoms with Gasteiger partial charge in [0.2, 0.25) is 0 Å². The van der Waals surface area contributed by atoms with Gasteiger partial charge in [-0.05, 0) is 43.3 Å². The summed E-state index contributed by atoms with van der Waals surface area (Å²) in [6.07, 6.45) is -4.43. The molecule has 2 aliphatic rings. The summed E-state index contributed by atoms with van der Waals surface area (Å²) in [5.41, 5.74) is 1.56. The molecule has 1 fully saturated rings. The normalized spacial score (nSPS) is 19.6. The van der Waals surface area contributed by atoms with Crippen molar-refractivity contribution >= 4 is 23.0 Å². The molecule has 5 nitrogen and oxygen atoms in total. The summed E-state index contributed by atoms with van der Waals surface area (Å²) in [7, 11) is 0. The van der Waals surface area contributed by atoms with Crippen molar-refractivity contribution in [3.05, 3.63) is 48.0 Å². The van der Waals surface area contributed by atoms with E-state index in [-0.39, 0.29) is 24.3 Å². The second-order valence-corrected chi connectivity index (χ2v) is 7.17. The van der Waals surface area contributed by atoms with Crippen LogP contribution in [-0.2, 0) is 11.0 Å². The van der Waals surface area contributed by atoms with Crippen molar-refractivity contribution in [2.45, 2.75) is 19.1 Å². The standard InChI is InChI=1S/C20H19F3N2O3/c1-12-11-28-18-7-14(20(21,22)23)5-6-17(18)25(12)16-4-2-3-15(8-16)24-9-13(10-24)19(26)27/h2-8,12-13H,9-11H2,1H3,(H,26,27). The number of anilines is 3. The molecule has 0 amide bonds. The predicted molar refractivity (Wildman–Crippen MR) is 98.3 cm³/mol. The molecule has 8 heteroatoms. The maximum atomic E-state index is 13.0. The van der Waals surface area contributed by atoms with E-state index in [0.717, 1.165) is 23.5 Å². The number of carbonyl (C=O) groups is 1. The molecule has 0 saturated carbocycles. The lowest BCUT2D eigenvalue weighted by Gasteiger charge is -2.40. The van der Waals surface area contributed by atoms with Crippen LogP contribution in [0.1, 0.15) is 12.5 Å². The SMILES string of the molecule is CC1COc2cc(C(F)(F)F)ccc2N1c1cccc(N2CC(C(=O)O)C2)c1. The van der Waals surface area contributed by atoms with Gasteiger partial charge >= 0.3 is 12.1 Å². The zero-order valence-corrected chi connectivity index (χ0v) is 15.1. The number of hydrogen-bond donors (Lipinski definition) is 1. The van der Waals surface area contributed by atoms with E-state index in [2.05, 4.69) is 0 Å². The third-order valence-electron chi connectivity index (χ3n) is 5.17. The summed E-state index contributed by atoms with van der Waals surface area (Å²) in [4.78, 5) is 15.0. The van der Waals surface area contributed by atoms with E-state index < -0.39 is 17.7 Å². The number of carboxylic acids is 1. The van der Waals surface area contributed by atoms with E-state index >= 15 is 0 Å². The number of aliphatic carboxylic acids is 1. The van der Waals surface area contributed by atoms with Crippen molar-refractivity contribution in [2.75, 3.05) is 29.5 Å². The Morgan fingerprint density at radius 3 is 2.54 bits per heavy atom. The molecule has 2 aliphatic heterocycles. The highest BCUT2D eigenvalue weighted by molar-refractivity contribution is 5.77. The summed E-state index contributed by atoms with van der Waals surface area (Å²) in [6, 6.07) is 11.1. The Bertz CT molecular complexity index is 910. The molecule has 1 unspecified atom stereocenters. The van der Waals surface area contributed by atoms with E-state index in [9.17, 15) is 18.0 Å². The fourth-order valence-electron chi connectivity index (χ4n) is 3.61. The van der Waals surface area contributed by atoms with Crippen molar-refractivity contribution in [3.8, 4) is 5.75 Å². The van der Waals surface area contributed by atoms with Gasteiger partial charge in [-0.1, -0.05) is 6.07 Å². The number of carboxylic acid groups (broad SMARTS) is 1. The highest BCUT2D eigenvalue weighted by Crippen LogP contribution is 2.43.